The summed E-state index contributed by atoms with van der Waals surface area (Å²) in [6.07, 6.45) is 5.52. The van der Waals surface area contributed by atoms with Crippen LogP contribution in [-0.4, -0.2) is 36.4 Å². The Morgan fingerprint density at radius 1 is 1.19 bits per heavy atom. The molecule has 1 aromatic heterocycles. The molecular weight excluding hydrogens is 370 g/mol. The molecule has 0 unspecified atom stereocenters. The van der Waals surface area contributed by atoms with E-state index in [0.29, 0.717) is 12.3 Å². The lowest BCUT2D eigenvalue weighted by molar-refractivity contribution is -0.140. The molecule has 0 bridgehead atoms. The Kier molecular flexibility index (Phi) is 8.48. The quantitative estimate of drug-likeness (QED) is 0.567. The first-order valence-electron chi connectivity index (χ1n) is 8.96. The highest BCUT2D eigenvalue weighted by Gasteiger charge is 2.15. The van der Waals surface area contributed by atoms with Gasteiger partial charge < -0.3 is 10.1 Å². The zero-order chi connectivity index (χ0) is 17.5. The largest absolute Gasteiger partial charge is 0.469 e. The van der Waals surface area contributed by atoms with Gasteiger partial charge in [0, 0.05) is 18.4 Å². The molecule has 0 aliphatic carbocycles. The Labute approximate surface area is 165 Å². The molecule has 0 radical (unpaired) electrons. The molecule has 26 heavy (non-hydrogen) atoms. The van der Waals surface area contributed by atoms with E-state index in [1.165, 1.54) is 25.5 Å². The van der Waals surface area contributed by atoms with Gasteiger partial charge in [0.25, 0.3) is 0 Å². The predicted octanol–water partition coefficient (Wildman–Crippen LogP) is 3.98. The number of methoxy groups -OCH3 is 1. The molecule has 1 aromatic carbocycles. The van der Waals surface area contributed by atoms with Gasteiger partial charge >= 0.3 is 5.97 Å². The lowest BCUT2D eigenvalue weighted by Gasteiger charge is -2.22. The molecule has 3 rings (SSSR count). The maximum atomic E-state index is 11.1. The van der Waals surface area contributed by atoms with Crippen LogP contribution in [0.4, 0.5) is 0 Å². The van der Waals surface area contributed by atoms with Gasteiger partial charge in [-0.2, -0.15) is 0 Å². The zero-order valence-electron chi connectivity index (χ0n) is 15.1. The number of hydrogen-bond donors (Lipinski definition) is 1. The summed E-state index contributed by atoms with van der Waals surface area (Å²) in [7, 11) is 1.43. The van der Waals surface area contributed by atoms with Crippen LogP contribution in [0.25, 0.3) is 10.6 Å². The molecule has 1 N–H and O–H groups in total. The van der Waals surface area contributed by atoms with Crippen molar-refractivity contribution in [3.63, 3.8) is 0 Å². The van der Waals surface area contributed by atoms with Crippen LogP contribution < -0.4 is 5.32 Å². The van der Waals surface area contributed by atoms with Crippen molar-refractivity contribution < 1.29 is 9.53 Å². The number of hydrogen-bond acceptors (Lipinski definition) is 6. The first-order valence-corrected chi connectivity index (χ1v) is 9.78. The average Bonchev–Trinajstić information content (AvgIpc) is 3.15. The van der Waals surface area contributed by atoms with Gasteiger partial charge in [-0.3, -0.25) is 4.79 Å². The molecule has 1 saturated heterocycles. The smallest absolute Gasteiger partial charge is 0.305 e. The molecular formula is C19H26ClN3O2S. The highest BCUT2D eigenvalue weighted by atomic mass is 35.5. The number of halogens is 1. The van der Waals surface area contributed by atoms with Crippen molar-refractivity contribution >= 4 is 29.7 Å². The van der Waals surface area contributed by atoms with E-state index in [0.717, 1.165) is 47.9 Å². The fraction of sp³-hybridized carbons (Fsp3) is 0.526. The van der Waals surface area contributed by atoms with Gasteiger partial charge in [0.05, 0.1) is 7.11 Å². The number of unbranched alkanes of at least 4 members (excludes halogenated alkanes) is 1. The number of carbonyl (C=O) groups excluding carboxylic acids is 1. The number of aromatic nitrogens is 2. The minimum Gasteiger partial charge on any atom is -0.469 e. The molecule has 0 amide bonds. The third kappa shape index (κ3) is 5.76. The maximum absolute atomic E-state index is 11.1. The van der Waals surface area contributed by atoms with E-state index in [1.54, 1.807) is 11.3 Å². The fourth-order valence-corrected chi connectivity index (χ4v) is 4.06. The van der Waals surface area contributed by atoms with E-state index in [2.05, 4.69) is 44.5 Å². The van der Waals surface area contributed by atoms with Crippen molar-refractivity contribution in [1.82, 2.24) is 15.5 Å². The number of ether oxygens (including phenoxy) is 1. The second-order valence-corrected chi connectivity index (χ2v) is 7.49. The molecule has 1 fully saturated rings. The van der Waals surface area contributed by atoms with Gasteiger partial charge in [-0.1, -0.05) is 35.6 Å². The first kappa shape index (κ1) is 20.8. The maximum Gasteiger partial charge on any atom is 0.305 e. The fourth-order valence-electron chi connectivity index (χ4n) is 3.17. The number of aryl methyl sites for hydroxylation is 1. The highest BCUT2D eigenvalue weighted by Crippen LogP contribution is 2.29. The third-order valence-corrected chi connectivity index (χ3v) is 5.72. The number of rotatable bonds is 7. The second-order valence-electron chi connectivity index (χ2n) is 6.43. The lowest BCUT2D eigenvalue weighted by Crippen LogP contribution is -2.26. The molecule has 0 atom stereocenters. The van der Waals surface area contributed by atoms with Crippen LogP contribution >= 0.6 is 23.7 Å². The van der Waals surface area contributed by atoms with Crippen LogP contribution in [0.1, 0.15) is 48.6 Å². The number of esters is 1. The van der Waals surface area contributed by atoms with E-state index >= 15 is 0 Å². The summed E-state index contributed by atoms with van der Waals surface area (Å²) in [6, 6.07) is 8.81. The summed E-state index contributed by atoms with van der Waals surface area (Å²) in [4.78, 5) is 11.1. The number of carbonyl (C=O) groups is 1. The number of benzene rings is 1. The monoisotopic (exact) mass is 395 g/mol. The minimum absolute atomic E-state index is 0. The van der Waals surface area contributed by atoms with Crippen molar-refractivity contribution in [1.29, 1.82) is 0 Å². The topological polar surface area (TPSA) is 64.1 Å². The molecule has 1 aliphatic heterocycles. The highest BCUT2D eigenvalue weighted by molar-refractivity contribution is 7.14. The predicted molar refractivity (Wildman–Crippen MR) is 107 cm³/mol. The van der Waals surface area contributed by atoms with Crippen LogP contribution in [0.2, 0.25) is 0 Å². The number of piperidine rings is 1. The van der Waals surface area contributed by atoms with Crippen LogP contribution in [0, 0.1) is 0 Å². The summed E-state index contributed by atoms with van der Waals surface area (Å²) < 4.78 is 4.65. The van der Waals surface area contributed by atoms with E-state index in [-0.39, 0.29) is 18.4 Å². The molecule has 2 heterocycles. The van der Waals surface area contributed by atoms with Crippen molar-refractivity contribution in [2.45, 2.75) is 44.4 Å². The molecule has 5 nitrogen and oxygen atoms in total. The Bertz CT molecular complexity index is 684. The summed E-state index contributed by atoms with van der Waals surface area (Å²) in [5.74, 6) is 0.530. The second kappa shape index (κ2) is 10.6. The van der Waals surface area contributed by atoms with Crippen molar-refractivity contribution in [3.8, 4) is 10.6 Å². The summed E-state index contributed by atoms with van der Waals surface area (Å²) in [6.45, 7) is 2.23. The van der Waals surface area contributed by atoms with E-state index in [4.69, 9.17) is 0 Å². The molecule has 7 heteroatoms. The number of nitrogens with zero attached hydrogens (tertiary/aromatic N) is 2. The lowest BCUT2D eigenvalue weighted by atomic mass is 9.90. The number of nitrogens with one attached hydrogen (secondary N) is 1. The van der Waals surface area contributed by atoms with Gasteiger partial charge in [-0.25, -0.2) is 0 Å². The van der Waals surface area contributed by atoms with Crippen molar-refractivity contribution in [2.24, 2.45) is 0 Å². The standard InChI is InChI=1S/C19H25N3O2S.ClH/c1-24-18(23)5-3-2-4-17-21-22-19(25-17)16-8-6-14(7-9-16)15-10-12-20-13-11-15;/h6-9,15,20H,2-5,10-13H2,1H3;1H. The summed E-state index contributed by atoms with van der Waals surface area (Å²) in [5.41, 5.74) is 2.56. The summed E-state index contributed by atoms with van der Waals surface area (Å²) in [5, 5.41) is 14.0. The summed E-state index contributed by atoms with van der Waals surface area (Å²) >= 11 is 1.64. The van der Waals surface area contributed by atoms with Gasteiger partial charge in [-0.05, 0) is 50.3 Å². The minimum atomic E-state index is -0.146. The third-order valence-electron chi connectivity index (χ3n) is 4.68. The van der Waals surface area contributed by atoms with Crippen molar-refractivity contribution in [3.05, 3.63) is 34.8 Å². The van der Waals surface area contributed by atoms with E-state index < -0.39 is 0 Å². The zero-order valence-corrected chi connectivity index (χ0v) is 16.7. The van der Waals surface area contributed by atoms with Crippen LogP contribution in [-0.2, 0) is 16.0 Å². The molecule has 0 spiro atoms. The molecule has 1 aliphatic rings. The molecule has 0 saturated carbocycles. The van der Waals surface area contributed by atoms with Crippen molar-refractivity contribution in [2.75, 3.05) is 20.2 Å². The molecule has 2 aromatic rings. The van der Waals surface area contributed by atoms with Crippen LogP contribution in [0.3, 0.4) is 0 Å². The van der Waals surface area contributed by atoms with Gasteiger partial charge in [0.2, 0.25) is 0 Å². The van der Waals surface area contributed by atoms with E-state index in [1.807, 2.05) is 0 Å². The van der Waals surface area contributed by atoms with Gasteiger partial charge in [0.15, 0.2) is 0 Å². The van der Waals surface area contributed by atoms with E-state index in [9.17, 15) is 4.79 Å². The first-order chi connectivity index (χ1) is 12.3. The Balaban J connectivity index is 0.00000243. The van der Waals surface area contributed by atoms with Gasteiger partial charge in [-0.15, -0.1) is 22.6 Å². The van der Waals surface area contributed by atoms with Gasteiger partial charge in [0.1, 0.15) is 10.0 Å². The SMILES string of the molecule is COC(=O)CCCCc1nnc(-c2ccc(C3CCNCC3)cc2)s1.Cl. The average molecular weight is 396 g/mol. The Hall–Kier alpha value is -1.50. The Morgan fingerprint density at radius 2 is 1.92 bits per heavy atom. The molecule has 142 valence electrons. The van der Waals surface area contributed by atoms with Crippen LogP contribution in [0.15, 0.2) is 24.3 Å². The van der Waals surface area contributed by atoms with Crippen LogP contribution in [0.5, 0.6) is 0 Å². The Morgan fingerprint density at radius 3 is 2.62 bits per heavy atom. The normalized spacial score (nSPS) is 14.7.